The van der Waals surface area contributed by atoms with Crippen molar-refractivity contribution in [1.82, 2.24) is 14.5 Å². The van der Waals surface area contributed by atoms with Crippen LogP contribution >= 0.6 is 11.6 Å². The lowest BCUT2D eigenvalue weighted by Crippen LogP contribution is -2.36. The van der Waals surface area contributed by atoms with E-state index in [0.717, 1.165) is 31.4 Å². The third-order valence-electron chi connectivity index (χ3n) is 3.64. The first-order valence-corrected chi connectivity index (χ1v) is 8.86. The third kappa shape index (κ3) is 6.24. The molecule has 0 spiro atoms. The number of rotatable bonds is 10. The molecule has 0 saturated carbocycles. The lowest BCUT2D eigenvalue weighted by molar-refractivity contribution is 0.195. The van der Waals surface area contributed by atoms with Crippen molar-refractivity contribution in [2.45, 2.75) is 25.7 Å². The van der Waals surface area contributed by atoms with Gasteiger partial charge in [-0.3, -0.25) is 4.57 Å². The van der Waals surface area contributed by atoms with E-state index in [1.54, 1.807) is 12.4 Å². The molecule has 24 heavy (non-hydrogen) atoms. The number of halogens is 1. The van der Waals surface area contributed by atoms with E-state index in [0.29, 0.717) is 25.6 Å². The molecule has 0 fully saturated rings. The van der Waals surface area contributed by atoms with Crippen LogP contribution in [0.25, 0.3) is 0 Å². The molecular formula is C18H24ClN3O2. The van der Waals surface area contributed by atoms with Crippen molar-refractivity contribution in [3.63, 3.8) is 0 Å². The number of imidazole rings is 1. The molecule has 0 aliphatic carbocycles. The molecule has 0 radical (unpaired) electrons. The standard InChI is InChI=1S/C18H24ClN3O2/c19-10-4-5-12-21(18(23)22-14-11-20-16-22)13-6-7-15-24-17-8-2-1-3-9-17/h1-3,8-9,11,14,16H,4-7,10,12-13,15H2. The number of carbonyl (C=O) groups excluding carboxylic acids is 1. The van der Waals surface area contributed by atoms with Crippen LogP contribution in [-0.2, 0) is 0 Å². The van der Waals surface area contributed by atoms with E-state index in [1.807, 2.05) is 35.2 Å². The molecule has 130 valence electrons. The van der Waals surface area contributed by atoms with Crippen molar-refractivity contribution in [3.05, 3.63) is 49.1 Å². The average molecular weight is 350 g/mol. The van der Waals surface area contributed by atoms with Gasteiger partial charge in [0, 0.05) is 31.4 Å². The molecule has 1 aromatic heterocycles. The number of hydrogen-bond acceptors (Lipinski definition) is 3. The van der Waals surface area contributed by atoms with E-state index >= 15 is 0 Å². The molecule has 1 heterocycles. The lowest BCUT2D eigenvalue weighted by Gasteiger charge is -2.22. The summed E-state index contributed by atoms with van der Waals surface area (Å²) >= 11 is 5.73. The first kappa shape index (κ1) is 18.3. The van der Waals surface area contributed by atoms with Gasteiger partial charge < -0.3 is 9.64 Å². The minimum Gasteiger partial charge on any atom is -0.494 e. The third-order valence-corrected chi connectivity index (χ3v) is 3.91. The van der Waals surface area contributed by atoms with Crippen LogP contribution in [-0.4, -0.2) is 46.1 Å². The number of nitrogens with zero attached hydrogens (tertiary/aromatic N) is 3. The summed E-state index contributed by atoms with van der Waals surface area (Å²) in [5.41, 5.74) is 0. The monoisotopic (exact) mass is 349 g/mol. The molecule has 0 aliphatic heterocycles. The average Bonchev–Trinajstić information content (AvgIpc) is 3.15. The zero-order chi connectivity index (χ0) is 17.0. The summed E-state index contributed by atoms with van der Waals surface area (Å²) < 4.78 is 7.20. The molecule has 0 N–H and O–H groups in total. The van der Waals surface area contributed by atoms with Crippen LogP contribution in [0.5, 0.6) is 5.75 Å². The Morgan fingerprint density at radius 2 is 1.88 bits per heavy atom. The molecule has 2 aromatic rings. The maximum Gasteiger partial charge on any atom is 0.329 e. The number of unbranched alkanes of at least 4 members (excludes halogenated alkanes) is 2. The Morgan fingerprint density at radius 1 is 1.12 bits per heavy atom. The molecule has 6 heteroatoms. The van der Waals surface area contributed by atoms with Gasteiger partial charge in [0.2, 0.25) is 0 Å². The zero-order valence-corrected chi connectivity index (χ0v) is 14.6. The van der Waals surface area contributed by atoms with Crippen molar-refractivity contribution >= 4 is 17.6 Å². The van der Waals surface area contributed by atoms with Gasteiger partial charge in [-0.2, -0.15) is 0 Å². The topological polar surface area (TPSA) is 47.4 Å². The summed E-state index contributed by atoms with van der Waals surface area (Å²) in [6, 6.07) is 9.73. The van der Waals surface area contributed by atoms with Crippen LogP contribution < -0.4 is 4.74 Å². The smallest absolute Gasteiger partial charge is 0.329 e. The molecule has 0 saturated heterocycles. The second-order valence-corrected chi connectivity index (χ2v) is 5.88. The lowest BCUT2D eigenvalue weighted by atomic mass is 10.2. The van der Waals surface area contributed by atoms with Gasteiger partial charge >= 0.3 is 6.03 Å². The van der Waals surface area contributed by atoms with Crippen LogP contribution in [0.4, 0.5) is 4.79 Å². The van der Waals surface area contributed by atoms with Crippen molar-refractivity contribution in [1.29, 1.82) is 0 Å². The number of benzene rings is 1. The van der Waals surface area contributed by atoms with Gasteiger partial charge in [0.1, 0.15) is 12.1 Å². The number of carbonyl (C=O) groups is 1. The highest BCUT2D eigenvalue weighted by atomic mass is 35.5. The summed E-state index contributed by atoms with van der Waals surface area (Å²) in [6.45, 7) is 2.07. The van der Waals surface area contributed by atoms with Crippen LogP contribution in [0.15, 0.2) is 49.1 Å². The Kier molecular flexibility index (Phi) is 8.18. The summed E-state index contributed by atoms with van der Waals surface area (Å²) in [5, 5.41) is 0. The number of alkyl halides is 1. The van der Waals surface area contributed by atoms with Crippen LogP contribution in [0.3, 0.4) is 0 Å². The molecule has 0 bridgehead atoms. The summed E-state index contributed by atoms with van der Waals surface area (Å²) in [6.07, 6.45) is 8.44. The summed E-state index contributed by atoms with van der Waals surface area (Å²) in [4.78, 5) is 18.3. The van der Waals surface area contributed by atoms with E-state index in [4.69, 9.17) is 16.3 Å². The maximum absolute atomic E-state index is 12.5. The highest BCUT2D eigenvalue weighted by Gasteiger charge is 2.14. The fourth-order valence-corrected chi connectivity index (χ4v) is 2.54. The van der Waals surface area contributed by atoms with Crippen molar-refractivity contribution in [2.75, 3.05) is 25.6 Å². The molecular weight excluding hydrogens is 326 g/mol. The fraction of sp³-hybridized carbons (Fsp3) is 0.444. The molecule has 5 nitrogen and oxygen atoms in total. The molecule has 1 aromatic carbocycles. The first-order valence-electron chi connectivity index (χ1n) is 8.32. The number of hydrogen-bond donors (Lipinski definition) is 0. The van der Waals surface area contributed by atoms with Crippen molar-refractivity contribution < 1.29 is 9.53 Å². The minimum absolute atomic E-state index is 0.0361. The van der Waals surface area contributed by atoms with Gasteiger partial charge in [-0.25, -0.2) is 9.78 Å². The molecule has 2 rings (SSSR count). The SMILES string of the molecule is O=C(N(CCCCCl)CCCCOc1ccccc1)n1ccnc1. The predicted molar refractivity (Wildman–Crippen MR) is 95.7 cm³/mol. The summed E-state index contributed by atoms with van der Waals surface area (Å²) in [7, 11) is 0. The van der Waals surface area contributed by atoms with Gasteiger partial charge in [-0.05, 0) is 37.8 Å². The highest BCUT2D eigenvalue weighted by Crippen LogP contribution is 2.09. The molecule has 1 amide bonds. The van der Waals surface area contributed by atoms with E-state index in [-0.39, 0.29) is 6.03 Å². The minimum atomic E-state index is -0.0361. The van der Waals surface area contributed by atoms with Gasteiger partial charge in [-0.1, -0.05) is 18.2 Å². The first-order chi connectivity index (χ1) is 11.8. The van der Waals surface area contributed by atoms with Crippen molar-refractivity contribution in [2.24, 2.45) is 0 Å². The Bertz CT molecular complexity index is 575. The molecule has 0 unspecified atom stereocenters. The largest absolute Gasteiger partial charge is 0.494 e. The Morgan fingerprint density at radius 3 is 2.54 bits per heavy atom. The van der Waals surface area contributed by atoms with E-state index in [2.05, 4.69) is 4.98 Å². The van der Waals surface area contributed by atoms with Crippen LogP contribution in [0.2, 0.25) is 0 Å². The quantitative estimate of drug-likeness (QED) is 0.480. The normalized spacial score (nSPS) is 10.5. The predicted octanol–water partition coefficient (Wildman–Crippen LogP) is 4.03. The Hall–Kier alpha value is -2.01. The summed E-state index contributed by atoms with van der Waals surface area (Å²) in [5.74, 6) is 1.50. The maximum atomic E-state index is 12.5. The van der Waals surface area contributed by atoms with Gasteiger partial charge in [0.15, 0.2) is 0 Å². The van der Waals surface area contributed by atoms with Crippen LogP contribution in [0.1, 0.15) is 25.7 Å². The van der Waals surface area contributed by atoms with E-state index in [1.165, 1.54) is 10.9 Å². The van der Waals surface area contributed by atoms with Crippen LogP contribution in [0, 0.1) is 0 Å². The Balaban J connectivity index is 1.74. The second kappa shape index (κ2) is 10.7. The number of ether oxygens (including phenoxy) is 1. The van der Waals surface area contributed by atoms with Gasteiger partial charge in [-0.15, -0.1) is 11.6 Å². The van der Waals surface area contributed by atoms with E-state index < -0.39 is 0 Å². The van der Waals surface area contributed by atoms with Gasteiger partial charge in [0.05, 0.1) is 6.61 Å². The van der Waals surface area contributed by atoms with Gasteiger partial charge in [0.25, 0.3) is 0 Å². The number of para-hydroxylation sites is 1. The fourth-order valence-electron chi connectivity index (χ4n) is 2.35. The van der Waals surface area contributed by atoms with E-state index in [9.17, 15) is 4.79 Å². The highest BCUT2D eigenvalue weighted by molar-refractivity contribution is 6.17. The number of aromatic nitrogens is 2. The Labute approximate surface area is 148 Å². The number of amides is 1. The van der Waals surface area contributed by atoms with Crippen molar-refractivity contribution in [3.8, 4) is 5.75 Å². The second-order valence-electron chi connectivity index (χ2n) is 5.50. The molecule has 0 aliphatic rings. The molecule has 0 atom stereocenters. The zero-order valence-electron chi connectivity index (χ0n) is 13.8.